The number of hydrogen-bond acceptors (Lipinski definition) is 2. The van der Waals surface area contributed by atoms with E-state index in [-0.39, 0.29) is 11.3 Å². The third kappa shape index (κ3) is 5.33. The molecule has 0 saturated heterocycles. The van der Waals surface area contributed by atoms with Gasteiger partial charge in [-0.3, -0.25) is 4.79 Å². The second-order valence-electron chi connectivity index (χ2n) is 5.89. The van der Waals surface area contributed by atoms with Gasteiger partial charge >= 0.3 is 0 Å². The number of carbonyl (C=O) groups is 1. The summed E-state index contributed by atoms with van der Waals surface area (Å²) < 4.78 is 0. The molecule has 0 spiro atoms. The van der Waals surface area contributed by atoms with Crippen molar-refractivity contribution in [1.82, 2.24) is 5.32 Å². The van der Waals surface area contributed by atoms with E-state index in [0.29, 0.717) is 17.8 Å². The Kier molecular flexibility index (Phi) is 5.87. The summed E-state index contributed by atoms with van der Waals surface area (Å²) in [5.74, 6) is -0.0818. The summed E-state index contributed by atoms with van der Waals surface area (Å²) >= 11 is 0. The maximum atomic E-state index is 12.1. The average Bonchev–Trinajstić information content (AvgIpc) is 2.37. The van der Waals surface area contributed by atoms with Crippen molar-refractivity contribution in [3.05, 3.63) is 29.8 Å². The molecule has 0 aromatic heterocycles. The first-order valence-corrected chi connectivity index (χ1v) is 7.09. The molecule has 19 heavy (non-hydrogen) atoms. The third-order valence-corrected chi connectivity index (χ3v) is 3.39. The van der Waals surface area contributed by atoms with Gasteiger partial charge in [0.05, 0.1) is 5.56 Å². The molecular formula is C16H26N2O. The number of hydrogen-bond donors (Lipinski definition) is 2. The number of nitrogens with two attached hydrogens (primary N) is 1. The Morgan fingerprint density at radius 3 is 2.58 bits per heavy atom. The van der Waals surface area contributed by atoms with E-state index in [4.69, 9.17) is 5.73 Å². The van der Waals surface area contributed by atoms with Crippen LogP contribution < -0.4 is 11.1 Å². The number of benzene rings is 1. The van der Waals surface area contributed by atoms with Crippen molar-refractivity contribution >= 4 is 11.6 Å². The fourth-order valence-corrected chi connectivity index (χ4v) is 2.06. The van der Waals surface area contributed by atoms with Gasteiger partial charge in [0.15, 0.2) is 0 Å². The smallest absolute Gasteiger partial charge is 0.253 e. The van der Waals surface area contributed by atoms with E-state index in [1.165, 1.54) is 19.3 Å². The lowest BCUT2D eigenvalue weighted by Crippen LogP contribution is -2.34. The van der Waals surface area contributed by atoms with Crippen molar-refractivity contribution in [3.8, 4) is 0 Å². The van der Waals surface area contributed by atoms with Crippen molar-refractivity contribution in [2.45, 2.75) is 46.5 Å². The van der Waals surface area contributed by atoms with Crippen LogP contribution in [0, 0.1) is 5.41 Å². The zero-order valence-corrected chi connectivity index (χ0v) is 12.3. The lowest BCUT2D eigenvalue weighted by Gasteiger charge is -2.25. The van der Waals surface area contributed by atoms with Gasteiger partial charge in [-0.15, -0.1) is 0 Å². The van der Waals surface area contributed by atoms with Crippen molar-refractivity contribution in [3.63, 3.8) is 0 Å². The zero-order valence-electron chi connectivity index (χ0n) is 12.3. The van der Waals surface area contributed by atoms with Crippen LogP contribution in [0.25, 0.3) is 0 Å². The van der Waals surface area contributed by atoms with Gasteiger partial charge in [-0.1, -0.05) is 52.2 Å². The van der Waals surface area contributed by atoms with E-state index in [2.05, 4.69) is 26.1 Å². The standard InChI is InChI=1S/C16H26N2O/c1-4-5-8-11-16(2,3)12-18-15(19)13-9-6-7-10-14(13)17/h6-7,9-10H,4-5,8,11-12,17H2,1-3H3,(H,18,19). The molecule has 3 N–H and O–H groups in total. The van der Waals surface area contributed by atoms with Crippen LogP contribution in [0.4, 0.5) is 5.69 Å². The molecule has 1 amide bonds. The fraction of sp³-hybridized carbons (Fsp3) is 0.562. The number of anilines is 1. The van der Waals surface area contributed by atoms with Gasteiger partial charge in [0.2, 0.25) is 0 Å². The molecular weight excluding hydrogens is 236 g/mol. The van der Waals surface area contributed by atoms with Gasteiger partial charge in [0.25, 0.3) is 5.91 Å². The van der Waals surface area contributed by atoms with Gasteiger partial charge in [-0.2, -0.15) is 0 Å². The molecule has 0 bridgehead atoms. The van der Waals surface area contributed by atoms with Gasteiger partial charge < -0.3 is 11.1 Å². The molecule has 1 aromatic carbocycles. The lowest BCUT2D eigenvalue weighted by molar-refractivity contribution is 0.0935. The number of rotatable bonds is 7. The first-order valence-electron chi connectivity index (χ1n) is 7.09. The normalized spacial score (nSPS) is 11.3. The van der Waals surface area contributed by atoms with E-state index >= 15 is 0 Å². The summed E-state index contributed by atoms with van der Waals surface area (Å²) in [6.07, 6.45) is 4.82. The number of amides is 1. The van der Waals surface area contributed by atoms with Crippen LogP contribution in [0.1, 0.15) is 56.8 Å². The maximum absolute atomic E-state index is 12.1. The van der Waals surface area contributed by atoms with Gasteiger partial charge in [-0.05, 0) is 24.0 Å². The Morgan fingerprint density at radius 2 is 1.95 bits per heavy atom. The molecule has 0 atom stereocenters. The highest BCUT2D eigenvalue weighted by Gasteiger charge is 2.19. The van der Waals surface area contributed by atoms with Gasteiger partial charge in [0, 0.05) is 12.2 Å². The minimum absolute atomic E-state index is 0.0818. The number of carbonyl (C=O) groups excluding carboxylic acids is 1. The Balaban J connectivity index is 2.47. The van der Waals surface area contributed by atoms with Crippen LogP contribution in [-0.2, 0) is 0 Å². The number of unbranched alkanes of at least 4 members (excludes halogenated alkanes) is 2. The first-order chi connectivity index (χ1) is 8.96. The van der Waals surface area contributed by atoms with Crippen LogP contribution in [0.15, 0.2) is 24.3 Å². The molecule has 0 radical (unpaired) electrons. The molecule has 1 rings (SSSR count). The average molecular weight is 262 g/mol. The number of para-hydroxylation sites is 1. The topological polar surface area (TPSA) is 55.1 Å². The molecule has 3 nitrogen and oxygen atoms in total. The molecule has 0 fully saturated rings. The highest BCUT2D eigenvalue weighted by Crippen LogP contribution is 2.23. The molecule has 1 aromatic rings. The Morgan fingerprint density at radius 1 is 1.26 bits per heavy atom. The number of nitrogens with one attached hydrogen (secondary N) is 1. The van der Waals surface area contributed by atoms with Crippen LogP contribution in [0.5, 0.6) is 0 Å². The zero-order chi connectivity index (χ0) is 14.3. The molecule has 3 heteroatoms. The molecule has 0 saturated carbocycles. The fourth-order valence-electron chi connectivity index (χ4n) is 2.06. The highest BCUT2D eigenvalue weighted by atomic mass is 16.1. The Hall–Kier alpha value is -1.51. The van der Waals surface area contributed by atoms with E-state index in [1.807, 2.05) is 12.1 Å². The summed E-state index contributed by atoms with van der Waals surface area (Å²) in [6, 6.07) is 7.18. The van der Waals surface area contributed by atoms with Gasteiger partial charge in [-0.25, -0.2) is 0 Å². The summed E-state index contributed by atoms with van der Waals surface area (Å²) in [6.45, 7) is 7.27. The SMILES string of the molecule is CCCCCC(C)(C)CNC(=O)c1ccccc1N. The maximum Gasteiger partial charge on any atom is 0.253 e. The van der Waals surface area contributed by atoms with E-state index in [0.717, 1.165) is 6.42 Å². The minimum atomic E-state index is -0.0818. The second-order valence-corrected chi connectivity index (χ2v) is 5.89. The molecule has 0 aliphatic rings. The van der Waals surface area contributed by atoms with Crippen LogP contribution in [0.3, 0.4) is 0 Å². The Bertz CT molecular complexity index is 413. The summed E-state index contributed by atoms with van der Waals surface area (Å²) in [4.78, 5) is 12.1. The Labute approximate surface area is 116 Å². The lowest BCUT2D eigenvalue weighted by atomic mass is 9.87. The quantitative estimate of drug-likeness (QED) is 0.582. The van der Waals surface area contributed by atoms with Gasteiger partial charge in [0.1, 0.15) is 0 Å². The van der Waals surface area contributed by atoms with Crippen molar-refractivity contribution in [2.75, 3.05) is 12.3 Å². The predicted molar refractivity (Wildman–Crippen MR) is 81.1 cm³/mol. The second kappa shape index (κ2) is 7.17. The number of nitrogen functional groups attached to an aromatic ring is 1. The van der Waals surface area contributed by atoms with Crippen LogP contribution >= 0.6 is 0 Å². The van der Waals surface area contributed by atoms with E-state index < -0.39 is 0 Å². The van der Waals surface area contributed by atoms with Crippen molar-refractivity contribution < 1.29 is 4.79 Å². The molecule has 106 valence electrons. The minimum Gasteiger partial charge on any atom is -0.398 e. The molecule has 0 aliphatic heterocycles. The first kappa shape index (κ1) is 15.5. The highest BCUT2D eigenvalue weighted by molar-refractivity contribution is 5.99. The predicted octanol–water partition coefficient (Wildman–Crippen LogP) is 3.61. The van der Waals surface area contributed by atoms with E-state index in [1.54, 1.807) is 12.1 Å². The summed E-state index contributed by atoms with van der Waals surface area (Å²) in [7, 11) is 0. The largest absolute Gasteiger partial charge is 0.398 e. The monoisotopic (exact) mass is 262 g/mol. The van der Waals surface area contributed by atoms with E-state index in [9.17, 15) is 4.79 Å². The third-order valence-electron chi connectivity index (χ3n) is 3.39. The summed E-state index contributed by atoms with van der Waals surface area (Å²) in [5, 5.41) is 2.99. The van der Waals surface area contributed by atoms with Crippen molar-refractivity contribution in [1.29, 1.82) is 0 Å². The molecule has 0 heterocycles. The molecule has 0 aliphatic carbocycles. The van der Waals surface area contributed by atoms with Crippen molar-refractivity contribution in [2.24, 2.45) is 5.41 Å². The summed E-state index contributed by atoms with van der Waals surface area (Å²) in [5.41, 5.74) is 7.02. The van der Waals surface area contributed by atoms with Crippen LogP contribution in [-0.4, -0.2) is 12.5 Å². The molecule has 0 unspecified atom stereocenters. The van der Waals surface area contributed by atoms with Crippen LogP contribution in [0.2, 0.25) is 0 Å².